The molecular weight excluding hydrogens is 313 g/mol. The monoisotopic (exact) mass is 327 g/mol. The molecule has 0 aliphatic heterocycles. The van der Waals surface area contributed by atoms with Gasteiger partial charge in [-0.15, -0.1) is 0 Å². The number of hydrogen-bond donors (Lipinski definition) is 1. The molecule has 0 bridgehead atoms. The van der Waals surface area contributed by atoms with Crippen molar-refractivity contribution in [2.75, 3.05) is 5.32 Å². The second-order valence-electron chi connectivity index (χ2n) is 5.09. The van der Waals surface area contributed by atoms with Crippen LogP contribution in [-0.4, -0.2) is 16.0 Å². The van der Waals surface area contributed by atoms with Gasteiger partial charge in [-0.1, -0.05) is 5.16 Å². The highest BCUT2D eigenvalue weighted by molar-refractivity contribution is 6.05. The van der Waals surface area contributed by atoms with Gasteiger partial charge in [0.15, 0.2) is 0 Å². The molecule has 0 fully saturated rings. The predicted molar refractivity (Wildman–Crippen MR) is 84.6 cm³/mol. The Morgan fingerprint density at radius 2 is 1.83 bits per heavy atom. The van der Waals surface area contributed by atoms with Crippen LogP contribution in [-0.2, 0) is 0 Å². The van der Waals surface area contributed by atoms with Crippen molar-refractivity contribution in [3.63, 3.8) is 0 Å². The maximum Gasteiger partial charge on any atom is 0.262 e. The molecule has 0 aliphatic rings. The summed E-state index contributed by atoms with van der Waals surface area (Å²) in [6, 6.07) is 8.90. The molecule has 0 aliphatic carbocycles. The fourth-order valence-electron chi connectivity index (χ4n) is 2.14. The summed E-state index contributed by atoms with van der Waals surface area (Å²) in [6.45, 7) is 3.36. The van der Waals surface area contributed by atoms with Crippen molar-refractivity contribution in [2.45, 2.75) is 13.8 Å². The summed E-state index contributed by atoms with van der Waals surface area (Å²) >= 11 is 0. The van der Waals surface area contributed by atoms with Crippen LogP contribution < -0.4 is 10.1 Å². The Bertz CT molecular complexity index is 838. The highest BCUT2D eigenvalue weighted by atomic mass is 19.1. The number of nitrogens with one attached hydrogen (secondary N) is 1. The number of benzene rings is 1. The largest absolute Gasteiger partial charge is 0.456 e. The smallest absolute Gasteiger partial charge is 0.262 e. The summed E-state index contributed by atoms with van der Waals surface area (Å²) in [4.78, 5) is 16.3. The number of nitrogens with zero attached hydrogens (tertiary/aromatic N) is 2. The number of anilines is 1. The van der Waals surface area contributed by atoms with Gasteiger partial charge in [-0.25, -0.2) is 9.37 Å². The van der Waals surface area contributed by atoms with Crippen LogP contribution in [0.3, 0.4) is 0 Å². The lowest BCUT2D eigenvalue weighted by Crippen LogP contribution is -2.14. The van der Waals surface area contributed by atoms with E-state index in [1.807, 2.05) is 0 Å². The van der Waals surface area contributed by atoms with E-state index in [0.717, 1.165) is 0 Å². The SMILES string of the molecule is Cc1noc(C)c1C(=O)Nc1ccc(Oc2ccc(F)cc2)cn1. The van der Waals surface area contributed by atoms with Gasteiger partial charge in [0.05, 0.1) is 11.9 Å². The second-order valence-corrected chi connectivity index (χ2v) is 5.09. The molecule has 2 heterocycles. The molecule has 0 atom stereocenters. The summed E-state index contributed by atoms with van der Waals surface area (Å²) in [5.74, 6) is 1.10. The maximum atomic E-state index is 12.9. The van der Waals surface area contributed by atoms with Crippen molar-refractivity contribution in [2.24, 2.45) is 0 Å². The lowest BCUT2D eigenvalue weighted by molar-refractivity contribution is 0.102. The first kappa shape index (κ1) is 15.7. The first-order valence-corrected chi connectivity index (χ1v) is 7.16. The summed E-state index contributed by atoms with van der Waals surface area (Å²) in [6.07, 6.45) is 1.46. The van der Waals surface area contributed by atoms with E-state index in [2.05, 4.69) is 15.5 Å². The highest BCUT2D eigenvalue weighted by Gasteiger charge is 2.17. The number of aromatic nitrogens is 2. The Morgan fingerprint density at radius 3 is 2.42 bits per heavy atom. The summed E-state index contributed by atoms with van der Waals surface area (Å²) < 4.78 is 23.4. The number of carbonyl (C=O) groups is 1. The quantitative estimate of drug-likeness (QED) is 0.787. The molecule has 0 spiro atoms. The number of ether oxygens (including phenoxy) is 1. The number of amides is 1. The molecule has 1 amide bonds. The number of halogens is 1. The fraction of sp³-hybridized carbons (Fsp3) is 0.118. The van der Waals surface area contributed by atoms with Gasteiger partial charge in [-0.2, -0.15) is 0 Å². The lowest BCUT2D eigenvalue weighted by atomic mass is 10.2. The minimum Gasteiger partial charge on any atom is -0.456 e. The summed E-state index contributed by atoms with van der Waals surface area (Å²) in [5, 5.41) is 6.41. The Hall–Kier alpha value is -3.22. The first-order chi connectivity index (χ1) is 11.5. The number of hydrogen-bond acceptors (Lipinski definition) is 5. The van der Waals surface area contributed by atoms with Crippen LogP contribution in [0.2, 0.25) is 0 Å². The van der Waals surface area contributed by atoms with E-state index in [1.54, 1.807) is 26.0 Å². The molecular formula is C17H14FN3O3. The maximum absolute atomic E-state index is 12.9. The molecule has 0 radical (unpaired) electrons. The van der Waals surface area contributed by atoms with Gasteiger partial charge in [0, 0.05) is 0 Å². The van der Waals surface area contributed by atoms with Crippen molar-refractivity contribution < 1.29 is 18.4 Å². The molecule has 1 N–H and O–H groups in total. The van der Waals surface area contributed by atoms with Crippen LogP contribution in [0.25, 0.3) is 0 Å². The van der Waals surface area contributed by atoms with Gasteiger partial charge in [0.25, 0.3) is 5.91 Å². The standard InChI is InChI=1S/C17H14FN3O3/c1-10-16(11(2)24-21-10)17(22)20-15-8-7-14(9-19-15)23-13-5-3-12(18)4-6-13/h3-9H,1-2H3,(H,19,20,22). The molecule has 7 heteroatoms. The van der Waals surface area contributed by atoms with Crippen molar-refractivity contribution in [1.29, 1.82) is 0 Å². The summed E-state index contributed by atoms with van der Waals surface area (Å²) in [5.41, 5.74) is 0.907. The molecule has 122 valence electrons. The van der Waals surface area contributed by atoms with Crippen molar-refractivity contribution in [1.82, 2.24) is 10.1 Å². The number of rotatable bonds is 4. The normalized spacial score (nSPS) is 10.5. The van der Waals surface area contributed by atoms with Gasteiger partial charge in [0.2, 0.25) is 0 Å². The van der Waals surface area contributed by atoms with E-state index in [0.29, 0.717) is 34.3 Å². The van der Waals surface area contributed by atoms with Gasteiger partial charge in [0.1, 0.15) is 34.5 Å². The molecule has 1 aromatic carbocycles. The van der Waals surface area contributed by atoms with E-state index in [4.69, 9.17) is 9.26 Å². The van der Waals surface area contributed by atoms with Crippen LogP contribution in [0.4, 0.5) is 10.2 Å². The minimum atomic E-state index is -0.342. The van der Waals surface area contributed by atoms with Gasteiger partial charge in [-0.05, 0) is 50.2 Å². The van der Waals surface area contributed by atoms with E-state index < -0.39 is 0 Å². The van der Waals surface area contributed by atoms with Crippen LogP contribution in [0, 0.1) is 19.7 Å². The Kier molecular flexibility index (Phi) is 4.24. The van der Waals surface area contributed by atoms with Crippen LogP contribution in [0.1, 0.15) is 21.8 Å². The van der Waals surface area contributed by atoms with Crippen molar-refractivity contribution >= 4 is 11.7 Å². The van der Waals surface area contributed by atoms with Crippen LogP contribution in [0.15, 0.2) is 47.1 Å². The van der Waals surface area contributed by atoms with E-state index in [1.165, 1.54) is 30.5 Å². The highest BCUT2D eigenvalue weighted by Crippen LogP contribution is 2.22. The van der Waals surface area contributed by atoms with Crippen molar-refractivity contribution in [3.05, 3.63) is 65.4 Å². The number of pyridine rings is 1. The van der Waals surface area contributed by atoms with E-state index in [9.17, 15) is 9.18 Å². The van der Waals surface area contributed by atoms with Gasteiger partial charge >= 0.3 is 0 Å². The average molecular weight is 327 g/mol. The topological polar surface area (TPSA) is 77.2 Å². The lowest BCUT2D eigenvalue weighted by Gasteiger charge is -2.07. The molecule has 3 rings (SSSR count). The predicted octanol–water partition coefficient (Wildman–Crippen LogP) is 3.87. The number of aryl methyl sites for hydroxylation is 2. The van der Waals surface area contributed by atoms with Crippen molar-refractivity contribution in [3.8, 4) is 11.5 Å². The van der Waals surface area contributed by atoms with E-state index >= 15 is 0 Å². The third kappa shape index (κ3) is 3.40. The number of carbonyl (C=O) groups excluding carboxylic acids is 1. The molecule has 2 aromatic heterocycles. The Morgan fingerprint density at radius 1 is 1.12 bits per heavy atom. The molecule has 0 saturated heterocycles. The third-order valence-corrected chi connectivity index (χ3v) is 3.29. The van der Waals surface area contributed by atoms with Gasteiger partial charge in [-0.3, -0.25) is 4.79 Å². The Labute approximate surface area is 137 Å². The minimum absolute atomic E-state index is 0.335. The van der Waals surface area contributed by atoms with Crippen LogP contribution in [0.5, 0.6) is 11.5 Å². The molecule has 3 aromatic rings. The summed E-state index contributed by atoms with van der Waals surface area (Å²) in [7, 11) is 0. The van der Waals surface area contributed by atoms with Gasteiger partial charge < -0.3 is 14.6 Å². The first-order valence-electron chi connectivity index (χ1n) is 7.16. The third-order valence-electron chi connectivity index (χ3n) is 3.29. The molecule has 24 heavy (non-hydrogen) atoms. The van der Waals surface area contributed by atoms with Crippen LogP contribution >= 0.6 is 0 Å². The Balaban J connectivity index is 1.68. The molecule has 0 saturated carbocycles. The average Bonchev–Trinajstić information content (AvgIpc) is 2.90. The van der Waals surface area contributed by atoms with E-state index in [-0.39, 0.29) is 11.7 Å². The zero-order valence-corrected chi connectivity index (χ0v) is 13.0. The molecule has 6 nitrogen and oxygen atoms in total. The second kappa shape index (κ2) is 6.49. The zero-order chi connectivity index (χ0) is 17.1. The zero-order valence-electron chi connectivity index (χ0n) is 13.0. The fourth-order valence-corrected chi connectivity index (χ4v) is 2.14. The molecule has 0 unspecified atom stereocenters.